The molecular weight excluding hydrogens is 265 g/mol. The number of nitrogens with one attached hydrogen (secondary N) is 1. The Balaban J connectivity index is 1.67. The second kappa shape index (κ2) is 5.37. The minimum absolute atomic E-state index is 0.547. The molecule has 1 heterocycles. The highest BCUT2D eigenvalue weighted by Gasteiger charge is 2.36. The molecule has 1 N–H and O–H groups in total. The zero-order chi connectivity index (χ0) is 14.2. The first-order chi connectivity index (χ1) is 9.54. The predicted octanol–water partition coefficient (Wildman–Crippen LogP) is 2.89. The van der Waals surface area contributed by atoms with Gasteiger partial charge in [0.1, 0.15) is 0 Å². The van der Waals surface area contributed by atoms with Crippen LogP contribution in [0.25, 0.3) is 0 Å². The average Bonchev–Trinajstić information content (AvgIpc) is 3.23. The van der Waals surface area contributed by atoms with E-state index in [1.807, 2.05) is 0 Å². The second-order valence-corrected chi connectivity index (χ2v) is 5.77. The zero-order valence-electron chi connectivity index (χ0n) is 11.3. The largest absolute Gasteiger partial charge is 0.416 e. The van der Waals surface area contributed by atoms with Crippen molar-refractivity contribution in [3.8, 4) is 0 Å². The molecule has 20 heavy (non-hydrogen) atoms. The van der Waals surface area contributed by atoms with Gasteiger partial charge in [0, 0.05) is 32.2 Å². The number of nitrogens with zero attached hydrogens (tertiary/aromatic N) is 1. The summed E-state index contributed by atoms with van der Waals surface area (Å²) in [5.74, 6) is 0.775. The monoisotopic (exact) mass is 284 g/mol. The standard InChI is InChI=1S/C15H19F3N2/c16-15(17,18)13-5-1-11(2-6-13)10-20-8-7-19-9-14(20)12-3-4-12/h1-2,5-6,12,14,19H,3-4,7-10H2. The van der Waals surface area contributed by atoms with Crippen molar-refractivity contribution < 1.29 is 13.2 Å². The van der Waals surface area contributed by atoms with E-state index in [4.69, 9.17) is 0 Å². The van der Waals surface area contributed by atoms with Gasteiger partial charge in [-0.3, -0.25) is 4.90 Å². The van der Waals surface area contributed by atoms with Crippen LogP contribution in [-0.4, -0.2) is 30.6 Å². The van der Waals surface area contributed by atoms with Gasteiger partial charge in [-0.25, -0.2) is 0 Å². The molecule has 0 amide bonds. The summed E-state index contributed by atoms with van der Waals surface area (Å²) in [4.78, 5) is 2.41. The van der Waals surface area contributed by atoms with E-state index in [2.05, 4.69) is 10.2 Å². The molecule has 1 unspecified atom stereocenters. The quantitative estimate of drug-likeness (QED) is 0.918. The van der Waals surface area contributed by atoms with Crippen molar-refractivity contribution in [1.29, 1.82) is 0 Å². The maximum atomic E-state index is 12.5. The fraction of sp³-hybridized carbons (Fsp3) is 0.600. The van der Waals surface area contributed by atoms with Crippen molar-refractivity contribution in [2.24, 2.45) is 5.92 Å². The van der Waals surface area contributed by atoms with E-state index in [-0.39, 0.29) is 0 Å². The van der Waals surface area contributed by atoms with Crippen molar-refractivity contribution in [3.05, 3.63) is 35.4 Å². The van der Waals surface area contributed by atoms with Crippen LogP contribution in [0.15, 0.2) is 24.3 Å². The van der Waals surface area contributed by atoms with Crippen molar-refractivity contribution in [1.82, 2.24) is 10.2 Å². The summed E-state index contributed by atoms with van der Waals surface area (Å²) >= 11 is 0. The number of piperazine rings is 1. The van der Waals surface area contributed by atoms with Gasteiger partial charge in [0.15, 0.2) is 0 Å². The molecule has 0 spiro atoms. The van der Waals surface area contributed by atoms with Gasteiger partial charge in [-0.2, -0.15) is 13.2 Å². The highest BCUT2D eigenvalue weighted by atomic mass is 19.4. The van der Waals surface area contributed by atoms with E-state index >= 15 is 0 Å². The fourth-order valence-corrected chi connectivity index (χ4v) is 2.94. The van der Waals surface area contributed by atoms with Crippen LogP contribution >= 0.6 is 0 Å². The number of benzene rings is 1. The van der Waals surface area contributed by atoms with E-state index in [1.165, 1.54) is 25.0 Å². The van der Waals surface area contributed by atoms with Crippen LogP contribution in [0.5, 0.6) is 0 Å². The molecule has 1 aromatic carbocycles. The van der Waals surface area contributed by atoms with E-state index in [0.29, 0.717) is 6.04 Å². The Morgan fingerprint density at radius 3 is 2.45 bits per heavy atom. The van der Waals surface area contributed by atoms with Crippen LogP contribution in [0.4, 0.5) is 13.2 Å². The highest BCUT2D eigenvalue weighted by Crippen LogP contribution is 2.36. The Morgan fingerprint density at radius 1 is 1.15 bits per heavy atom. The van der Waals surface area contributed by atoms with Crippen LogP contribution in [0.3, 0.4) is 0 Å². The molecule has 1 aromatic rings. The van der Waals surface area contributed by atoms with E-state index in [9.17, 15) is 13.2 Å². The molecule has 1 aliphatic carbocycles. The Hall–Kier alpha value is -1.07. The van der Waals surface area contributed by atoms with Crippen molar-refractivity contribution in [2.75, 3.05) is 19.6 Å². The topological polar surface area (TPSA) is 15.3 Å². The lowest BCUT2D eigenvalue weighted by atomic mass is 10.1. The van der Waals surface area contributed by atoms with Gasteiger partial charge in [-0.1, -0.05) is 12.1 Å². The van der Waals surface area contributed by atoms with E-state index in [1.54, 1.807) is 12.1 Å². The number of hydrogen-bond donors (Lipinski definition) is 1. The molecule has 1 saturated carbocycles. The molecular formula is C15H19F3N2. The Labute approximate surface area is 117 Å². The maximum absolute atomic E-state index is 12.5. The molecule has 0 radical (unpaired) electrons. The lowest BCUT2D eigenvalue weighted by Crippen LogP contribution is -2.51. The molecule has 0 aromatic heterocycles. The Kier molecular flexibility index (Phi) is 3.73. The van der Waals surface area contributed by atoms with Gasteiger partial charge >= 0.3 is 6.18 Å². The first-order valence-corrected chi connectivity index (χ1v) is 7.15. The summed E-state index contributed by atoms with van der Waals surface area (Å²) in [7, 11) is 0. The van der Waals surface area contributed by atoms with Crippen LogP contribution in [0.2, 0.25) is 0 Å². The smallest absolute Gasteiger partial charge is 0.314 e. The lowest BCUT2D eigenvalue weighted by Gasteiger charge is -2.36. The minimum atomic E-state index is -4.25. The molecule has 2 aliphatic rings. The van der Waals surface area contributed by atoms with E-state index in [0.717, 1.165) is 37.7 Å². The summed E-state index contributed by atoms with van der Waals surface area (Å²) in [6.07, 6.45) is -1.67. The summed E-state index contributed by atoms with van der Waals surface area (Å²) < 4.78 is 37.6. The number of hydrogen-bond acceptors (Lipinski definition) is 2. The first-order valence-electron chi connectivity index (χ1n) is 7.15. The van der Waals surface area contributed by atoms with E-state index < -0.39 is 11.7 Å². The summed E-state index contributed by atoms with van der Waals surface area (Å²) in [5, 5.41) is 3.41. The van der Waals surface area contributed by atoms with Crippen molar-refractivity contribution >= 4 is 0 Å². The van der Waals surface area contributed by atoms with Gasteiger partial charge < -0.3 is 5.32 Å². The molecule has 0 bridgehead atoms. The number of halogens is 3. The van der Waals surface area contributed by atoms with Gasteiger partial charge in [0.2, 0.25) is 0 Å². The molecule has 110 valence electrons. The van der Waals surface area contributed by atoms with Gasteiger partial charge in [0.25, 0.3) is 0 Å². The predicted molar refractivity (Wildman–Crippen MR) is 71.2 cm³/mol. The van der Waals surface area contributed by atoms with Crippen molar-refractivity contribution in [2.45, 2.75) is 31.6 Å². The molecule has 2 fully saturated rings. The van der Waals surface area contributed by atoms with Gasteiger partial charge in [-0.15, -0.1) is 0 Å². The van der Waals surface area contributed by atoms with Crippen LogP contribution in [-0.2, 0) is 12.7 Å². The molecule has 2 nitrogen and oxygen atoms in total. The van der Waals surface area contributed by atoms with Gasteiger partial charge in [-0.05, 0) is 36.5 Å². The highest BCUT2D eigenvalue weighted by molar-refractivity contribution is 5.24. The normalized spacial score (nSPS) is 24.9. The minimum Gasteiger partial charge on any atom is -0.314 e. The second-order valence-electron chi connectivity index (χ2n) is 5.77. The third-order valence-electron chi connectivity index (χ3n) is 4.23. The summed E-state index contributed by atoms with van der Waals surface area (Å²) in [6, 6.07) is 6.13. The van der Waals surface area contributed by atoms with Gasteiger partial charge in [0.05, 0.1) is 5.56 Å². The zero-order valence-corrected chi connectivity index (χ0v) is 11.3. The summed E-state index contributed by atoms with van der Waals surface area (Å²) in [6.45, 7) is 3.69. The molecule has 1 aliphatic heterocycles. The Morgan fingerprint density at radius 2 is 1.85 bits per heavy atom. The van der Waals surface area contributed by atoms with Crippen LogP contribution in [0, 0.1) is 5.92 Å². The average molecular weight is 284 g/mol. The summed E-state index contributed by atoms with van der Waals surface area (Å²) in [5.41, 5.74) is 0.394. The SMILES string of the molecule is FC(F)(F)c1ccc(CN2CCNCC2C2CC2)cc1. The number of alkyl halides is 3. The van der Waals surface area contributed by atoms with Crippen LogP contribution < -0.4 is 5.32 Å². The fourth-order valence-electron chi connectivity index (χ4n) is 2.94. The lowest BCUT2D eigenvalue weighted by molar-refractivity contribution is -0.137. The number of rotatable bonds is 3. The molecule has 1 saturated heterocycles. The first kappa shape index (κ1) is 13.9. The third-order valence-corrected chi connectivity index (χ3v) is 4.23. The Bertz CT molecular complexity index is 451. The third kappa shape index (κ3) is 3.15. The molecule has 1 atom stereocenters. The maximum Gasteiger partial charge on any atom is 0.416 e. The molecule has 5 heteroatoms. The van der Waals surface area contributed by atoms with Crippen molar-refractivity contribution in [3.63, 3.8) is 0 Å². The molecule has 3 rings (SSSR count). The van der Waals surface area contributed by atoms with Crippen LogP contribution in [0.1, 0.15) is 24.0 Å².